The number of para-hydroxylation sites is 3. The lowest BCUT2D eigenvalue weighted by Crippen LogP contribution is -2.35. The van der Waals surface area contributed by atoms with Crippen LogP contribution in [0.3, 0.4) is 0 Å². The van der Waals surface area contributed by atoms with Crippen molar-refractivity contribution in [3.63, 3.8) is 0 Å². The normalized spacial score (nSPS) is 15.4. The van der Waals surface area contributed by atoms with Crippen LogP contribution < -0.4 is 15.4 Å². The van der Waals surface area contributed by atoms with Crippen LogP contribution in [0, 0.1) is 0 Å². The number of carbonyl (C=O) groups excluding carboxylic acids is 1. The Morgan fingerprint density at radius 3 is 2.36 bits per heavy atom. The first-order valence-electron chi connectivity index (χ1n) is 9.16. The minimum Gasteiger partial charge on any atom is -0.455 e. The maximum absolute atomic E-state index is 12.3. The van der Waals surface area contributed by atoms with Crippen molar-refractivity contribution in [2.45, 2.75) is 44.6 Å². The number of anilines is 1. The molecule has 1 saturated carbocycles. The van der Waals surface area contributed by atoms with E-state index in [9.17, 15) is 4.79 Å². The second-order valence-electron chi connectivity index (χ2n) is 6.53. The van der Waals surface area contributed by atoms with E-state index in [0.717, 1.165) is 5.75 Å². The summed E-state index contributed by atoms with van der Waals surface area (Å²) in [5.74, 6) is 1.37. The molecule has 2 aromatic rings. The van der Waals surface area contributed by atoms with Gasteiger partial charge in [-0.05, 0) is 37.1 Å². The minimum atomic E-state index is -0.0339. The molecule has 0 atom stereocenters. The van der Waals surface area contributed by atoms with Gasteiger partial charge in [-0.15, -0.1) is 0 Å². The Labute approximate surface area is 149 Å². The average molecular weight is 338 g/mol. The Hall–Kier alpha value is -2.33. The number of amides is 1. The summed E-state index contributed by atoms with van der Waals surface area (Å²) >= 11 is 0. The van der Waals surface area contributed by atoms with Crippen LogP contribution in [-0.2, 0) is 4.79 Å². The number of rotatable bonds is 6. The van der Waals surface area contributed by atoms with Gasteiger partial charge in [-0.3, -0.25) is 4.79 Å². The van der Waals surface area contributed by atoms with Crippen LogP contribution in [-0.4, -0.2) is 18.5 Å². The van der Waals surface area contributed by atoms with Crippen molar-refractivity contribution in [2.24, 2.45) is 0 Å². The summed E-state index contributed by atoms with van der Waals surface area (Å²) in [6.07, 6.45) is 7.48. The highest BCUT2D eigenvalue weighted by molar-refractivity contribution is 5.93. The van der Waals surface area contributed by atoms with Crippen LogP contribution in [0.5, 0.6) is 11.5 Å². The Morgan fingerprint density at radius 2 is 1.60 bits per heavy atom. The molecular formula is C21H26N2O2. The Balaban J connectivity index is 1.55. The van der Waals surface area contributed by atoms with Gasteiger partial charge >= 0.3 is 0 Å². The lowest BCUT2D eigenvalue weighted by atomic mass is 10.1. The van der Waals surface area contributed by atoms with Crippen molar-refractivity contribution >= 4 is 11.6 Å². The van der Waals surface area contributed by atoms with Gasteiger partial charge in [-0.1, -0.05) is 56.0 Å². The number of carbonyl (C=O) groups is 1. The van der Waals surface area contributed by atoms with Gasteiger partial charge < -0.3 is 15.4 Å². The highest BCUT2D eigenvalue weighted by atomic mass is 16.5. The molecule has 1 amide bonds. The molecule has 1 aliphatic rings. The lowest BCUT2D eigenvalue weighted by molar-refractivity contribution is -0.115. The minimum absolute atomic E-state index is 0.0339. The summed E-state index contributed by atoms with van der Waals surface area (Å²) in [5, 5.41) is 6.36. The van der Waals surface area contributed by atoms with Crippen molar-refractivity contribution in [3.05, 3.63) is 54.6 Å². The number of benzene rings is 2. The van der Waals surface area contributed by atoms with Gasteiger partial charge in [0, 0.05) is 6.04 Å². The van der Waals surface area contributed by atoms with Crippen molar-refractivity contribution in [2.75, 3.05) is 11.9 Å². The van der Waals surface area contributed by atoms with Gasteiger partial charge in [0.05, 0.1) is 12.2 Å². The fourth-order valence-electron chi connectivity index (χ4n) is 3.19. The lowest BCUT2D eigenvalue weighted by Gasteiger charge is -2.16. The molecule has 4 heteroatoms. The quantitative estimate of drug-likeness (QED) is 0.749. The van der Waals surface area contributed by atoms with Gasteiger partial charge in [-0.25, -0.2) is 0 Å². The second kappa shape index (κ2) is 9.23. The van der Waals surface area contributed by atoms with Crippen molar-refractivity contribution in [3.8, 4) is 11.5 Å². The van der Waals surface area contributed by atoms with Crippen molar-refractivity contribution in [1.82, 2.24) is 5.32 Å². The largest absolute Gasteiger partial charge is 0.455 e. The van der Waals surface area contributed by atoms with E-state index in [1.54, 1.807) is 0 Å². The van der Waals surface area contributed by atoms with Crippen LogP contribution in [0.25, 0.3) is 0 Å². The van der Waals surface area contributed by atoms with Crippen molar-refractivity contribution in [1.29, 1.82) is 0 Å². The first-order valence-corrected chi connectivity index (χ1v) is 9.16. The third-order valence-electron chi connectivity index (χ3n) is 4.54. The van der Waals surface area contributed by atoms with Crippen LogP contribution >= 0.6 is 0 Å². The smallest absolute Gasteiger partial charge is 0.238 e. The van der Waals surface area contributed by atoms with Gasteiger partial charge in [-0.2, -0.15) is 0 Å². The van der Waals surface area contributed by atoms with Gasteiger partial charge in [0.15, 0.2) is 5.75 Å². The Bertz CT molecular complexity index is 665. The summed E-state index contributed by atoms with van der Waals surface area (Å²) in [4.78, 5) is 12.3. The van der Waals surface area contributed by atoms with Crippen LogP contribution in [0.4, 0.5) is 5.69 Å². The zero-order valence-corrected chi connectivity index (χ0v) is 14.5. The molecule has 25 heavy (non-hydrogen) atoms. The Kier molecular flexibility index (Phi) is 6.46. The van der Waals surface area contributed by atoms with E-state index in [0.29, 0.717) is 24.0 Å². The summed E-state index contributed by atoms with van der Waals surface area (Å²) < 4.78 is 5.89. The summed E-state index contributed by atoms with van der Waals surface area (Å²) in [5.41, 5.74) is 0.694. The van der Waals surface area contributed by atoms with E-state index in [2.05, 4.69) is 10.6 Å². The maximum atomic E-state index is 12.3. The SMILES string of the molecule is O=C(CNC1CCCCCC1)Nc1ccccc1Oc1ccccc1. The maximum Gasteiger partial charge on any atom is 0.238 e. The van der Waals surface area contributed by atoms with E-state index in [-0.39, 0.29) is 5.91 Å². The third kappa shape index (κ3) is 5.61. The standard InChI is InChI=1S/C21H26N2O2/c24-21(16-22-17-10-4-1-2-5-11-17)23-19-14-8-9-15-20(19)25-18-12-6-3-7-13-18/h3,6-9,12-15,17,22H,1-2,4-5,10-11,16H2,(H,23,24). The molecule has 0 unspecified atom stereocenters. The highest BCUT2D eigenvalue weighted by Crippen LogP contribution is 2.29. The molecule has 1 aliphatic carbocycles. The van der Waals surface area contributed by atoms with E-state index >= 15 is 0 Å². The van der Waals surface area contributed by atoms with Gasteiger partial charge in [0.25, 0.3) is 0 Å². The van der Waals surface area contributed by atoms with E-state index in [1.807, 2.05) is 54.6 Å². The molecule has 2 N–H and O–H groups in total. The van der Waals surface area contributed by atoms with Gasteiger partial charge in [0.2, 0.25) is 5.91 Å². The molecule has 0 aromatic heterocycles. The first kappa shape index (κ1) is 17.5. The average Bonchev–Trinajstić information content (AvgIpc) is 2.91. The molecule has 0 radical (unpaired) electrons. The number of ether oxygens (including phenoxy) is 1. The van der Waals surface area contributed by atoms with E-state index in [1.165, 1.54) is 38.5 Å². The molecule has 0 bridgehead atoms. The third-order valence-corrected chi connectivity index (χ3v) is 4.54. The van der Waals surface area contributed by atoms with Crippen LogP contribution in [0.15, 0.2) is 54.6 Å². The number of hydrogen-bond acceptors (Lipinski definition) is 3. The summed E-state index contributed by atoms with van der Waals surface area (Å²) in [6, 6.07) is 17.6. The summed E-state index contributed by atoms with van der Waals surface area (Å²) in [7, 11) is 0. The molecule has 0 aliphatic heterocycles. The van der Waals surface area contributed by atoms with Crippen molar-refractivity contribution < 1.29 is 9.53 Å². The predicted molar refractivity (Wildman–Crippen MR) is 101 cm³/mol. The molecular weight excluding hydrogens is 312 g/mol. The fourth-order valence-corrected chi connectivity index (χ4v) is 3.19. The topological polar surface area (TPSA) is 50.4 Å². The first-order chi connectivity index (χ1) is 12.3. The van der Waals surface area contributed by atoms with E-state index in [4.69, 9.17) is 4.74 Å². The second-order valence-corrected chi connectivity index (χ2v) is 6.53. The van der Waals surface area contributed by atoms with Gasteiger partial charge in [0.1, 0.15) is 5.75 Å². The molecule has 1 fully saturated rings. The molecule has 3 rings (SSSR count). The number of hydrogen-bond donors (Lipinski definition) is 2. The summed E-state index contributed by atoms with van der Waals surface area (Å²) in [6.45, 7) is 0.338. The molecule has 2 aromatic carbocycles. The fraction of sp³-hybridized carbons (Fsp3) is 0.381. The zero-order chi connectivity index (χ0) is 17.3. The monoisotopic (exact) mass is 338 g/mol. The highest BCUT2D eigenvalue weighted by Gasteiger charge is 2.14. The number of nitrogens with one attached hydrogen (secondary N) is 2. The van der Waals surface area contributed by atoms with Crippen LogP contribution in [0.1, 0.15) is 38.5 Å². The van der Waals surface area contributed by atoms with E-state index < -0.39 is 0 Å². The molecule has 0 spiro atoms. The molecule has 0 heterocycles. The van der Waals surface area contributed by atoms with Crippen LogP contribution in [0.2, 0.25) is 0 Å². The molecule has 0 saturated heterocycles. The molecule has 4 nitrogen and oxygen atoms in total. The Morgan fingerprint density at radius 1 is 0.920 bits per heavy atom. The zero-order valence-electron chi connectivity index (χ0n) is 14.5. The molecule has 132 valence electrons. The predicted octanol–water partition coefficient (Wildman–Crippen LogP) is 4.73.